The number of rotatable bonds is 4. The third kappa shape index (κ3) is 3.56. The van der Waals surface area contributed by atoms with Gasteiger partial charge in [-0.15, -0.1) is 0 Å². The molecule has 26 heavy (non-hydrogen) atoms. The van der Waals surface area contributed by atoms with E-state index in [4.69, 9.17) is 0 Å². The van der Waals surface area contributed by atoms with Crippen molar-refractivity contribution in [2.45, 2.75) is 39.3 Å². The van der Waals surface area contributed by atoms with Crippen molar-refractivity contribution >= 4 is 0 Å². The molecule has 1 saturated heterocycles. The zero-order chi connectivity index (χ0) is 17.9. The fraction of sp³-hybridized carbons (Fsp3) is 0.364. The molecule has 4 heteroatoms. The smallest absolute Gasteiger partial charge is 0.141 e. The molecular formula is C22H26N4. The summed E-state index contributed by atoms with van der Waals surface area (Å²) in [6.07, 6.45) is 8.14. The van der Waals surface area contributed by atoms with Crippen molar-refractivity contribution < 1.29 is 0 Å². The number of benzene rings is 1. The first-order chi connectivity index (χ1) is 12.7. The third-order valence-electron chi connectivity index (χ3n) is 5.24. The Morgan fingerprint density at radius 2 is 2.04 bits per heavy atom. The number of hydrogen-bond acceptors (Lipinski definition) is 3. The number of imidazole rings is 1. The molecule has 0 amide bonds. The number of aromatic nitrogens is 3. The summed E-state index contributed by atoms with van der Waals surface area (Å²) >= 11 is 0. The fourth-order valence-corrected chi connectivity index (χ4v) is 4.07. The maximum Gasteiger partial charge on any atom is 0.141 e. The highest BCUT2D eigenvalue weighted by Crippen LogP contribution is 2.29. The lowest BCUT2D eigenvalue weighted by atomic mass is 10.0. The summed E-state index contributed by atoms with van der Waals surface area (Å²) in [5, 5.41) is 0. The molecule has 1 unspecified atom stereocenters. The van der Waals surface area contributed by atoms with Crippen molar-refractivity contribution in [2.24, 2.45) is 0 Å². The molecule has 1 atom stereocenters. The first-order valence-electron chi connectivity index (χ1n) is 9.43. The van der Waals surface area contributed by atoms with Crippen molar-refractivity contribution in [2.75, 3.05) is 13.1 Å². The quantitative estimate of drug-likeness (QED) is 0.702. The molecule has 0 saturated carbocycles. The van der Waals surface area contributed by atoms with E-state index in [1.807, 2.05) is 24.7 Å². The molecule has 0 N–H and O–H groups in total. The number of likely N-dealkylation sites (tertiary alicyclic amines) is 1. The van der Waals surface area contributed by atoms with E-state index in [1.54, 1.807) is 0 Å². The van der Waals surface area contributed by atoms with Crippen molar-refractivity contribution in [3.05, 3.63) is 71.8 Å². The predicted octanol–water partition coefficient (Wildman–Crippen LogP) is 4.40. The number of aryl methyl sites for hydroxylation is 2. The van der Waals surface area contributed by atoms with Gasteiger partial charge < -0.3 is 4.57 Å². The second-order valence-corrected chi connectivity index (χ2v) is 7.36. The summed E-state index contributed by atoms with van der Waals surface area (Å²) in [6.45, 7) is 7.58. The Bertz CT molecular complexity index is 869. The lowest BCUT2D eigenvalue weighted by Gasteiger charge is -2.34. The molecule has 0 spiro atoms. The van der Waals surface area contributed by atoms with Crippen LogP contribution < -0.4 is 0 Å². The average molecular weight is 346 g/mol. The average Bonchev–Trinajstić information content (AvgIpc) is 3.04. The van der Waals surface area contributed by atoms with E-state index in [-0.39, 0.29) is 0 Å². The van der Waals surface area contributed by atoms with Gasteiger partial charge in [-0.05, 0) is 50.9 Å². The van der Waals surface area contributed by atoms with E-state index >= 15 is 0 Å². The molecule has 2 aromatic heterocycles. The third-order valence-corrected chi connectivity index (χ3v) is 5.24. The van der Waals surface area contributed by atoms with Gasteiger partial charge in [-0.1, -0.05) is 29.8 Å². The normalized spacial score (nSPS) is 18.2. The summed E-state index contributed by atoms with van der Waals surface area (Å²) < 4.78 is 2.42. The Morgan fingerprint density at radius 1 is 1.12 bits per heavy atom. The minimum atomic E-state index is 0.464. The fourth-order valence-electron chi connectivity index (χ4n) is 4.07. The van der Waals surface area contributed by atoms with E-state index in [0.717, 1.165) is 24.5 Å². The topological polar surface area (TPSA) is 34.0 Å². The van der Waals surface area contributed by atoms with Gasteiger partial charge in [0.1, 0.15) is 5.82 Å². The second-order valence-electron chi connectivity index (χ2n) is 7.36. The Hall–Kier alpha value is -2.46. The first-order valence-corrected chi connectivity index (χ1v) is 9.43. The van der Waals surface area contributed by atoms with E-state index in [2.05, 4.69) is 63.6 Å². The van der Waals surface area contributed by atoms with Crippen LogP contribution in [0, 0.1) is 13.8 Å². The van der Waals surface area contributed by atoms with Crippen LogP contribution >= 0.6 is 0 Å². The summed E-state index contributed by atoms with van der Waals surface area (Å²) in [6, 6.07) is 13.4. The molecule has 4 nitrogen and oxygen atoms in total. The number of piperidine rings is 1. The minimum absolute atomic E-state index is 0.464. The summed E-state index contributed by atoms with van der Waals surface area (Å²) in [7, 11) is 0. The summed E-state index contributed by atoms with van der Waals surface area (Å²) in [5.74, 6) is 1.04. The molecular weight excluding hydrogens is 320 g/mol. The van der Waals surface area contributed by atoms with Gasteiger partial charge in [-0.25, -0.2) is 4.98 Å². The van der Waals surface area contributed by atoms with Gasteiger partial charge in [-0.3, -0.25) is 9.88 Å². The summed E-state index contributed by atoms with van der Waals surface area (Å²) in [5.41, 5.74) is 5.06. The van der Waals surface area contributed by atoms with Crippen LogP contribution in [0.25, 0.3) is 11.4 Å². The molecule has 3 heterocycles. The molecule has 0 aliphatic carbocycles. The number of hydrogen-bond donors (Lipinski definition) is 0. The van der Waals surface area contributed by atoms with Gasteiger partial charge in [0.05, 0.1) is 0 Å². The minimum Gasteiger partial charge on any atom is -0.324 e. The number of nitrogens with zero attached hydrogens (tertiary/aromatic N) is 4. The van der Waals surface area contributed by atoms with Gasteiger partial charge in [0.2, 0.25) is 0 Å². The van der Waals surface area contributed by atoms with Gasteiger partial charge in [0, 0.05) is 49.0 Å². The molecule has 1 aliphatic rings. The molecule has 1 aromatic carbocycles. The molecule has 0 radical (unpaired) electrons. The SMILES string of the molecule is Cc1cccc(CN2CCCC(n3c(C)cnc3-c3cccnc3)C2)c1. The highest BCUT2D eigenvalue weighted by molar-refractivity contribution is 5.54. The van der Waals surface area contributed by atoms with E-state index in [0.29, 0.717) is 6.04 Å². The van der Waals surface area contributed by atoms with Crippen LogP contribution in [-0.2, 0) is 6.54 Å². The first kappa shape index (κ1) is 17.0. The lowest BCUT2D eigenvalue weighted by Crippen LogP contribution is -2.36. The van der Waals surface area contributed by atoms with Crippen molar-refractivity contribution in [1.82, 2.24) is 19.4 Å². The van der Waals surface area contributed by atoms with Gasteiger partial charge in [-0.2, -0.15) is 0 Å². The lowest BCUT2D eigenvalue weighted by molar-refractivity contribution is 0.170. The second kappa shape index (κ2) is 7.42. The van der Waals surface area contributed by atoms with Crippen molar-refractivity contribution in [3.8, 4) is 11.4 Å². The van der Waals surface area contributed by atoms with Crippen LogP contribution in [0.4, 0.5) is 0 Å². The van der Waals surface area contributed by atoms with Gasteiger partial charge in [0.25, 0.3) is 0 Å². The van der Waals surface area contributed by atoms with Crippen LogP contribution in [0.1, 0.15) is 35.7 Å². The zero-order valence-corrected chi connectivity index (χ0v) is 15.6. The van der Waals surface area contributed by atoms with Crippen molar-refractivity contribution in [3.63, 3.8) is 0 Å². The molecule has 134 valence electrons. The Kier molecular flexibility index (Phi) is 4.85. The highest BCUT2D eigenvalue weighted by Gasteiger charge is 2.25. The Morgan fingerprint density at radius 3 is 2.85 bits per heavy atom. The Labute approximate surface area is 155 Å². The van der Waals surface area contributed by atoms with E-state index < -0.39 is 0 Å². The summed E-state index contributed by atoms with van der Waals surface area (Å²) in [4.78, 5) is 11.5. The van der Waals surface area contributed by atoms with Crippen LogP contribution in [0.15, 0.2) is 55.0 Å². The van der Waals surface area contributed by atoms with Crippen molar-refractivity contribution in [1.29, 1.82) is 0 Å². The molecule has 1 aliphatic heterocycles. The highest BCUT2D eigenvalue weighted by atomic mass is 15.2. The van der Waals surface area contributed by atoms with Crippen LogP contribution in [-0.4, -0.2) is 32.5 Å². The molecule has 0 bridgehead atoms. The van der Waals surface area contributed by atoms with Crippen LogP contribution in [0.3, 0.4) is 0 Å². The molecule has 3 aromatic rings. The van der Waals surface area contributed by atoms with E-state index in [9.17, 15) is 0 Å². The zero-order valence-electron chi connectivity index (χ0n) is 15.6. The predicted molar refractivity (Wildman–Crippen MR) is 105 cm³/mol. The standard InChI is InChI=1S/C22H26N4/c1-17-6-3-7-19(12-17)15-25-11-5-9-21(16-25)26-18(2)13-24-22(26)20-8-4-10-23-14-20/h3-4,6-8,10,12-14,21H,5,9,11,15-16H2,1-2H3. The van der Waals surface area contributed by atoms with Gasteiger partial charge in [0.15, 0.2) is 0 Å². The maximum atomic E-state index is 4.69. The maximum absolute atomic E-state index is 4.69. The Balaban J connectivity index is 1.56. The van der Waals surface area contributed by atoms with Crippen LogP contribution in [0.2, 0.25) is 0 Å². The largest absolute Gasteiger partial charge is 0.324 e. The molecule has 1 fully saturated rings. The van der Waals surface area contributed by atoms with Gasteiger partial charge >= 0.3 is 0 Å². The molecule has 4 rings (SSSR count). The van der Waals surface area contributed by atoms with E-state index in [1.165, 1.54) is 36.2 Å². The number of pyridine rings is 1. The van der Waals surface area contributed by atoms with Crippen LogP contribution in [0.5, 0.6) is 0 Å². The monoisotopic (exact) mass is 346 g/mol.